The molecule has 1 fully saturated rings. The fraction of sp³-hybridized carbons (Fsp3) is 0.333. The number of ether oxygens (including phenoxy) is 2. The minimum atomic E-state index is -0.570. The first-order valence-electron chi connectivity index (χ1n) is 9.05. The summed E-state index contributed by atoms with van der Waals surface area (Å²) in [6.45, 7) is 0.0295. The van der Waals surface area contributed by atoms with E-state index in [9.17, 15) is 9.59 Å². The molecule has 1 saturated carbocycles. The molecule has 0 heterocycles. The van der Waals surface area contributed by atoms with E-state index in [1.54, 1.807) is 24.3 Å². The first kappa shape index (κ1) is 19.4. The van der Waals surface area contributed by atoms with Crippen molar-refractivity contribution in [2.45, 2.75) is 38.3 Å². The Hall–Kier alpha value is -2.34. The zero-order valence-electron chi connectivity index (χ0n) is 14.9. The number of carbonyl (C=O) groups is 2. The molecule has 5 nitrogen and oxygen atoms in total. The van der Waals surface area contributed by atoms with Crippen LogP contribution in [0.3, 0.4) is 0 Å². The molecule has 142 valence electrons. The van der Waals surface area contributed by atoms with Crippen LogP contribution in [0.1, 0.15) is 41.6 Å². The van der Waals surface area contributed by atoms with Gasteiger partial charge in [0.05, 0.1) is 0 Å². The highest BCUT2D eigenvalue weighted by atomic mass is 79.9. The molecule has 0 aromatic heterocycles. The maximum atomic E-state index is 12.4. The maximum Gasteiger partial charge on any atom is 0.342 e. The van der Waals surface area contributed by atoms with E-state index in [-0.39, 0.29) is 18.6 Å². The van der Waals surface area contributed by atoms with Crippen LogP contribution in [0.25, 0.3) is 0 Å². The Morgan fingerprint density at radius 1 is 1.04 bits per heavy atom. The lowest BCUT2D eigenvalue weighted by Crippen LogP contribution is -2.35. The van der Waals surface area contributed by atoms with Crippen molar-refractivity contribution in [1.82, 2.24) is 5.32 Å². The second kappa shape index (κ2) is 9.55. The lowest BCUT2D eigenvalue weighted by molar-refractivity contribution is -0.124. The fourth-order valence-corrected chi connectivity index (χ4v) is 3.48. The molecular formula is C21H22BrNO4. The Kier molecular flexibility index (Phi) is 6.87. The number of esters is 1. The van der Waals surface area contributed by atoms with Crippen LogP contribution in [0, 0.1) is 0 Å². The van der Waals surface area contributed by atoms with Crippen LogP contribution in [0.4, 0.5) is 0 Å². The quantitative estimate of drug-likeness (QED) is 0.665. The Morgan fingerprint density at radius 3 is 2.52 bits per heavy atom. The summed E-state index contributed by atoms with van der Waals surface area (Å²) in [7, 11) is 0. The lowest BCUT2D eigenvalue weighted by atomic mass is 10.2. The maximum absolute atomic E-state index is 12.4. The summed E-state index contributed by atoms with van der Waals surface area (Å²) < 4.78 is 11.9. The van der Waals surface area contributed by atoms with Crippen LogP contribution in [-0.4, -0.2) is 24.5 Å². The van der Waals surface area contributed by atoms with Gasteiger partial charge in [0, 0.05) is 16.1 Å². The SMILES string of the molecule is O=C(COC(=O)c1ccccc1OCc1ccccc1Br)NC1CCCC1. The zero-order chi connectivity index (χ0) is 19.1. The molecule has 0 radical (unpaired) electrons. The van der Waals surface area contributed by atoms with Gasteiger partial charge in [-0.15, -0.1) is 0 Å². The van der Waals surface area contributed by atoms with Gasteiger partial charge in [0.25, 0.3) is 5.91 Å². The van der Waals surface area contributed by atoms with E-state index in [0.29, 0.717) is 17.9 Å². The predicted molar refractivity (Wildman–Crippen MR) is 106 cm³/mol. The molecule has 0 atom stereocenters. The van der Waals surface area contributed by atoms with Crippen molar-refractivity contribution in [1.29, 1.82) is 0 Å². The molecule has 1 N–H and O–H groups in total. The van der Waals surface area contributed by atoms with Crippen LogP contribution in [0.5, 0.6) is 5.75 Å². The minimum absolute atomic E-state index is 0.205. The van der Waals surface area contributed by atoms with Gasteiger partial charge in [0.2, 0.25) is 0 Å². The molecule has 2 aromatic carbocycles. The number of amides is 1. The Balaban J connectivity index is 1.56. The van der Waals surface area contributed by atoms with E-state index >= 15 is 0 Å². The van der Waals surface area contributed by atoms with Gasteiger partial charge in [-0.05, 0) is 31.0 Å². The molecule has 1 amide bonds. The summed E-state index contributed by atoms with van der Waals surface area (Å²) in [5.41, 5.74) is 1.27. The number of carbonyl (C=O) groups excluding carboxylic acids is 2. The summed E-state index contributed by atoms with van der Waals surface area (Å²) in [6.07, 6.45) is 4.25. The van der Waals surface area contributed by atoms with Crippen molar-refractivity contribution < 1.29 is 19.1 Å². The number of hydrogen-bond donors (Lipinski definition) is 1. The minimum Gasteiger partial charge on any atom is -0.488 e. The van der Waals surface area contributed by atoms with Crippen molar-refractivity contribution in [3.05, 3.63) is 64.1 Å². The molecule has 0 saturated heterocycles. The summed E-state index contributed by atoms with van der Waals surface area (Å²) >= 11 is 3.48. The van der Waals surface area contributed by atoms with Crippen LogP contribution < -0.4 is 10.1 Å². The van der Waals surface area contributed by atoms with Gasteiger partial charge in [-0.25, -0.2) is 4.79 Å². The van der Waals surface area contributed by atoms with E-state index in [1.807, 2.05) is 24.3 Å². The Labute approximate surface area is 167 Å². The van der Waals surface area contributed by atoms with Crippen molar-refractivity contribution >= 4 is 27.8 Å². The molecule has 0 bridgehead atoms. The molecule has 27 heavy (non-hydrogen) atoms. The van der Waals surface area contributed by atoms with Crippen LogP contribution in [0.2, 0.25) is 0 Å². The topological polar surface area (TPSA) is 64.6 Å². The van der Waals surface area contributed by atoms with Gasteiger partial charge in [0.1, 0.15) is 17.9 Å². The molecule has 1 aliphatic carbocycles. The van der Waals surface area contributed by atoms with E-state index in [0.717, 1.165) is 35.7 Å². The number of benzene rings is 2. The largest absolute Gasteiger partial charge is 0.488 e. The number of rotatable bonds is 7. The van der Waals surface area contributed by atoms with E-state index in [1.165, 1.54) is 0 Å². The van der Waals surface area contributed by atoms with Crippen molar-refractivity contribution in [3.63, 3.8) is 0 Å². The van der Waals surface area contributed by atoms with Gasteiger partial charge in [-0.2, -0.15) is 0 Å². The van der Waals surface area contributed by atoms with Crippen LogP contribution >= 0.6 is 15.9 Å². The van der Waals surface area contributed by atoms with Gasteiger partial charge in [0.15, 0.2) is 6.61 Å². The summed E-state index contributed by atoms with van der Waals surface area (Å²) in [5, 5.41) is 2.90. The second-order valence-electron chi connectivity index (χ2n) is 6.50. The average molecular weight is 432 g/mol. The average Bonchev–Trinajstić information content (AvgIpc) is 3.18. The number of nitrogens with one attached hydrogen (secondary N) is 1. The number of para-hydroxylation sites is 1. The molecule has 0 unspecified atom stereocenters. The summed E-state index contributed by atoms with van der Waals surface area (Å²) in [6, 6.07) is 14.8. The zero-order valence-corrected chi connectivity index (χ0v) is 16.5. The third kappa shape index (κ3) is 5.57. The highest BCUT2D eigenvalue weighted by molar-refractivity contribution is 9.10. The summed E-state index contributed by atoms with van der Waals surface area (Å²) in [4.78, 5) is 24.3. The monoisotopic (exact) mass is 431 g/mol. The predicted octanol–water partition coefficient (Wildman–Crippen LogP) is 4.24. The normalized spacial score (nSPS) is 14.0. The van der Waals surface area contributed by atoms with Gasteiger partial charge >= 0.3 is 5.97 Å². The standard InChI is InChI=1S/C21H22BrNO4/c22-18-11-5-1-7-15(18)13-26-19-12-6-4-10-17(19)21(25)27-14-20(24)23-16-8-2-3-9-16/h1,4-7,10-12,16H,2-3,8-9,13-14H2,(H,23,24). The van der Waals surface area contributed by atoms with Crippen molar-refractivity contribution in [2.75, 3.05) is 6.61 Å². The smallest absolute Gasteiger partial charge is 0.342 e. The van der Waals surface area contributed by atoms with Crippen molar-refractivity contribution in [2.24, 2.45) is 0 Å². The van der Waals surface area contributed by atoms with Crippen LogP contribution in [-0.2, 0) is 16.1 Å². The molecule has 2 aromatic rings. The molecule has 1 aliphatic rings. The first-order chi connectivity index (χ1) is 13.1. The molecule has 0 spiro atoms. The second-order valence-corrected chi connectivity index (χ2v) is 7.36. The number of halogens is 1. The highest BCUT2D eigenvalue weighted by Crippen LogP contribution is 2.23. The molecule has 6 heteroatoms. The van der Waals surface area contributed by atoms with Gasteiger partial charge in [-0.3, -0.25) is 4.79 Å². The third-order valence-corrected chi connectivity index (χ3v) is 5.28. The Bertz CT molecular complexity index is 802. The van der Waals surface area contributed by atoms with Gasteiger partial charge < -0.3 is 14.8 Å². The summed E-state index contributed by atoms with van der Waals surface area (Å²) in [5.74, 6) is -0.407. The molecular weight excluding hydrogens is 410 g/mol. The Morgan fingerprint density at radius 2 is 1.74 bits per heavy atom. The van der Waals surface area contributed by atoms with Gasteiger partial charge in [-0.1, -0.05) is 59.1 Å². The molecule has 0 aliphatic heterocycles. The van der Waals surface area contributed by atoms with E-state index in [4.69, 9.17) is 9.47 Å². The van der Waals surface area contributed by atoms with E-state index < -0.39 is 5.97 Å². The lowest BCUT2D eigenvalue weighted by Gasteiger charge is -2.13. The third-order valence-electron chi connectivity index (χ3n) is 4.50. The molecule has 3 rings (SSSR count). The van der Waals surface area contributed by atoms with E-state index in [2.05, 4.69) is 21.2 Å². The first-order valence-corrected chi connectivity index (χ1v) is 9.84. The van der Waals surface area contributed by atoms with Crippen LogP contribution in [0.15, 0.2) is 53.0 Å². The number of hydrogen-bond acceptors (Lipinski definition) is 4. The van der Waals surface area contributed by atoms with Crippen molar-refractivity contribution in [3.8, 4) is 5.75 Å². The highest BCUT2D eigenvalue weighted by Gasteiger charge is 2.19. The fourth-order valence-electron chi connectivity index (χ4n) is 3.08.